The van der Waals surface area contributed by atoms with Crippen LogP contribution >= 0.6 is 11.8 Å². The molecular formula is C13H9NOS. The quantitative estimate of drug-likeness (QED) is 0.758. The standard InChI is InChI=1S/C13H9NOS/c15-13-11(8-9-4-2-1-3-5-9)16-10-6-7-14-12(10)13/h1-8,14H/b11-8+. The van der Waals surface area contributed by atoms with Gasteiger partial charge in [0.2, 0.25) is 5.78 Å². The van der Waals surface area contributed by atoms with Crippen LogP contribution in [0.1, 0.15) is 16.1 Å². The van der Waals surface area contributed by atoms with Crippen molar-refractivity contribution in [3.05, 3.63) is 58.8 Å². The summed E-state index contributed by atoms with van der Waals surface area (Å²) >= 11 is 1.53. The molecule has 3 heteroatoms. The van der Waals surface area contributed by atoms with Crippen LogP contribution in [0, 0.1) is 0 Å². The first-order valence-corrected chi connectivity index (χ1v) is 5.83. The zero-order valence-electron chi connectivity index (χ0n) is 8.44. The predicted molar refractivity (Wildman–Crippen MR) is 65.4 cm³/mol. The molecule has 0 atom stereocenters. The van der Waals surface area contributed by atoms with Gasteiger partial charge in [-0.3, -0.25) is 4.79 Å². The largest absolute Gasteiger partial charge is 0.358 e. The summed E-state index contributed by atoms with van der Waals surface area (Å²) in [4.78, 5) is 16.7. The monoisotopic (exact) mass is 227 g/mol. The maximum Gasteiger partial charge on any atom is 0.217 e. The van der Waals surface area contributed by atoms with E-state index in [0.717, 1.165) is 15.4 Å². The normalized spacial score (nSPS) is 16.8. The van der Waals surface area contributed by atoms with Crippen molar-refractivity contribution in [3.8, 4) is 0 Å². The molecule has 2 heterocycles. The van der Waals surface area contributed by atoms with Crippen molar-refractivity contribution in [1.82, 2.24) is 4.98 Å². The highest BCUT2D eigenvalue weighted by Gasteiger charge is 2.26. The summed E-state index contributed by atoms with van der Waals surface area (Å²) in [6.45, 7) is 0. The number of carbonyl (C=O) groups excluding carboxylic acids is 1. The number of thioether (sulfide) groups is 1. The van der Waals surface area contributed by atoms with Crippen molar-refractivity contribution in [3.63, 3.8) is 0 Å². The molecule has 1 N–H and O–H groups in total. The van der Waals surface area contributed by atoms with Crippen molar-refractivity contribution in [1.29, 1.82) is 0 Å². The van der Waals surface area contributed by atoms with Gasteiger partial charge in [-0.25, -0.2) is 0 Å². The van der Waals surface area contributed by atoms with Crippen molar-refractivity contribution < 1.29 is 4.79 Å². The first-order valence-electron chi connectivity index (χ1n) is 5.01. The van der Waals surface area contributed by atoms with Gasteiger partial charge in [-0.2, -0.15) is 0 Å². The highest BCUT2D eigenvalue weighted by Crippen LogP contribution is 2.39. The summed E-state index contributed by atoms with van der Waals surface area (Å²) in [5, 5.41) is 0. The maximum absolute atomic E-state index is 11.9. The van der Waals surface area contributed by atoms with Crippen LogP contribution in [0.15, 0.2) is 52.4 Å². The summed E-state index contributed by atoms with van der Waals surface area (Å²) in [6, 6.07) is 11.8. The minimum Gasteiger partial charge on any atom is -0.358 e. The molecule has 0 aliphatic carbocycles. The Morgan fingerprint density at radius 2 is 1.94 bits per heavy atom. The molecule has 0 saturated carbocycles. The number of nitrogens with one attached hydrogen (secondary N) is 1. The van der Waals surface area contributed by atoms with Crippen molar-refractivity contribution in [2.75, 3.05) is 0 Å². The highest BCUT2D eigenvalue weighted by molar-refractivity contribution is 8.04. The Morgan fingerprint density at radius 3 is 2.69 bits per heavy atom. The van der Waals surface area contributed by atoms with Gasteiger partial charge in [0.05, 0.1) is 4.91 Å². The first-order chi connectivity index (χ1) is 7.84. The van der Waals surface area contributed by atoms with Gasteiger partial charge < -0.3 is 4.98 Å². The fraction of sp³-hybridized carbons (Fsp3) is 0. The van der Waals surface area contributed by atoms with E-state index in [-0.39, 0.29) is 5.78 Å². The molecule has 3 rings (SSSR count). The first kappa shape index (κ1) is 9.48. The van der Waals surface area contributed by atoms with Crippen LogP contribution in [0.4, 0.5) is 0 Å². The SMILES string of the molecule is O=C1/C(=C\c2ccccc2)Sc2cc[nH]c21. The number of rotatable bonds is 1. The van der Waals surface area contributed by atoms with Crippen LogP contribution in [-0.2, 0) is 0 Å². The Hall–Kier alpha value is -1.74. The molecule has 0 unspecified atom stereocenters. The van der Waals surface area contributed by atoms with Gasteiger partial charge >= 0.3 is 0 Å². The number of aromatic amines is 1. The summed E-state index contributed by atoms with van der Waals surface area (Å²) in [6.07, 6.45) is 3.73. The summed E-state index contributed by atoms with van der Waals surface area (Å²) in [7, 11) is 0. The molecule has 0 bridgehead atoms. The molecule has 16 heavy (non-hydrogen) atoms. The van der Waals surface area contributed by atoms with Crippen LogP contribution in [0.5, 0.6) is 0 Å². The van der Waals surface area contributed by atoms with E-state index in [1.165, 1.54) is 11.8 Å². The van der Waals surface area contributed by atoms with Crippen LogP contribution < -0.4 is 0 Å². The van der Waals surface area contributed by atoms with Gasteiger partial charge in [-0.05, 0) is 17.7 Å². The summed E-state index contributed by atoms with van der Waals surface area (Å²) in [5.41, 5.74) is 1.77. The minimum atomic E-state index is 0.0915. The molecule has 1 aromatic heterocycles. The third kappa shape index (κ3) is 1.49. The second kappa shape index (κ2) is 3.68. The number of allylic oxidation sites excluding steroid dienone is 1. The highest BCUT2D eigenvalue weighted by atomic mass is 32.2. The third-order valence-electron chi connectivity index (χ3n) is 2.48. The molecular weight excluding hydrogens is 218 g/mol. The Kier molecular flexibility index (Phi) is 2.18. The molecule has 0 radical (unpaired) electrons. The smallest absolute Gasteiger partial charge is 0.217 e. The number of H-pyrrole nitrogens is 1. The lowest BCUT2D eigenvalue weighted by Gasteiger charge is -1.95. The number of hydrogen-bond acceptors (Lipinski definition) is 2. The van der Waals surface area contributed by atoms with Gasteiger partial charge in [0.1, 0.15) is 5.69 Å². The van der Waals surface area contributed by atoms with Crippen LogP contribution in [0.2, 0.25) is 0 Å². The molecule has 1 aliphatic heterocycles. The lowest BCUT2D eigenvalue weighted by molar-refractivity contribution is 0.104. The Balaban J connectivity index is 1.98. The molecule has 78 valence electrons. The van der Waals surface area contributed by atoms with Crippen molar-refractivity contribution >= 4 is 23.6 Å². The van der Waals surface area contributed by atoms with Crippen molar-refractivity contribution in [2.45, 2.75) is 4.90 Å². The second-order valence-electron chi connectivity index (χ2n) is 3.57. The Bertz CT molecular complexity index is 569. The number of Topliss-reactive ketones (excluding diaryl/α,β-unsaturated/α-hetero) is 1. The van der Waals surface area contributed by atoms with E-state index >= 15 is 0 Å². The van der Waals surface area contributed by atoms with E-state index < -0.39 is 0 Å². The number of aromatic nitrogens is 1. The Labute approximate surface area is 97.4 Å². The van der Waals surface area contributed by atoms with Gasteiger partial charge in [0.15, 0.2) is 0 Å². The van der Waals surface area contributed by atoms with E-state index in [9.17, 15) is 4.79 Å². The van der Waals surface area contributed by atoms with E-state index in [1.807, 2.05) is 42.5 Å². The van der Waals surface area contributed by atoms with Crippen LogP contribution in [-0.4, -0.2) is 10.8 Å². The fourth-order valence-corrected chi connectivity index (χ4v) is 2.72. The lowest BCUT2D eigenvalue weighted by atomic mass is 10.2. The van der Waals surface area contributed by atoms with E-state index in [1.54, 1.807) is 6.20 Å². The molecule has 1 aliphatic rings. The van der Waals surface area contributed by atoms with Crippen LogP contribution in [0.25, 0.3) is 6.08 Å². The van der Waals surface area contributed by atoms with Crippen LogP contribution in [0.3, 0.4) is 0 Å². The molecule has 0 amide bonds. The molecule has 2 aromatic rings. The lowest BCUT2D eigenvalue weighted by Crippen LogP contribution is -1.94. The number of benzene rings is 1. The number of hydrogen-bond donors (Lipinski definition) is 1. The van der Waals surface area contributed by atoms with Gasteiger partial charge in [0, 0.05) is 11.1 Å². The molecule has 0 fully saturated rings. The summed E-state index contributed by atoms with van der Waals surface area (Å²) in [5.74, 6) is 0.0915. The average molecular weight is 227 g/mol. The molecule has 1 aromatic carbocycles. The molecule has 0 saturated heterocycles. The Morgan fingerprint density at radius 1 is 1.12 bits per heavy atom. The third-order valence-corrected chi connectivity index (χ3v) is 3.56. The predicted octanol–water partition coefficient (Wildman–Crippen LogP) is 3.34. The minimum absolute atomic E-state index is 0.0915. The van der Waals surface area contributed by atoms with Crippen molar-refractivity contribution in [2.24, 2.45) is 0 Å². The van der Waals surface area contributed by atoms with Gasteiger partial charge in [0.25, 0.3) is 0 Å². The number of carbonyl (C=O) groups is 1. The van der Waals surface area contributed by atoms with E-state index in [0.29, 0.717) is 5.69 Å². The van der Waals surface area contributed by atoms with E-state index in [4.69, 9.17) is 0 Å². The summed E-state index contributed by atoms with van der Waals surface area (Å²) < 4.78 is 0. The average Bonchev–Trinajstić information content (AvgIpc) is 2.86. The molecule has 0 spiro atoms. The zero-order valence-corrected chi connectivity index (χ0v) is 9.25. The second-order valence-corrected chi connectivity index (χ2v) is 4.65. The fourth-order valence-electron chi connectivity index (χ4n) is 1.70. The molecule has 2 nitrogen and oxygen atoms in total. The van der Waals surface area contributed by atoms with Gasteiger partial charge in [-0.15, -0.1) is 0 Å². The van der Waals surface area contributed by atoms with E-state index in [2.05, 4.69) is 4.98 Å². The maximum atomic E-state index is 11.9. The zero-order chi connectivity index (χ0) is 11.0. The number of fused-ring (bicyclic) bond motifs is 1. The topological polar surface area (TPSA) is 32.9 Å². The van der Waals surface area contributed by atoms with Gasteiger partial charge in [-0.1, -0.05) is 42.1 Å². The number of ketones is 1.